The SMILES string of the molecule is CCOc1ccc(S(=O)(=O)N(CC(=O)N/N=C(\C)c2c(O)ccc3ccccc23)c2ccc(C)cc2)cc1. The van der Waals surface area contributed by atoms with E-state index in [9.17, 15) is 18.3 Å². The fraction of sp³-hybridized carbons (Fsp3) is 0.172. The van der Waals surface area contributed by atoms with Crippen molar-refractivity contribution in [1.82, 2.24) is 5.43 Å². The highest BCUT2D eigenvalue weighted by Gasteiger charge is 2.27. The molecule has 196 valence electrons. The number of nitrogens with one attached hydrogen (secondary N) is 1. The first-order chi connectivity index (χ1) is 18.2. The average Bonchev–Trinajstić information content (AvgIpc) is 2.91. The van der Waals surface area contributed by atoms with Gasteiger partial charge in [-0.1, -0.05) is 48.0 Å². The maximum absolute atomic E-state index is 13.6. The number of nitrogens with zero attached hydrogens (tertiary/aromatic N) is 2. The molecule has 0 radical (unpaired) electrons. The molecule has 0 heterocycles. The summed E-state index contributed by atoms with van der Waals surface area (Å²) in [6, 6.07) is 23.8. The Hall–Kier alpha value is -4.37. The number of sulfonamides is 1. The maximum atomic E-state index is 13.6. The molecular formula is C29H29N3O5S. The zero-order valence-electron chi connectivity index (χ0n) is 21.4. The maximum Gasteiger partial charge on any atom is 0.264 e. The van der Waals surface area contributed by atoms with Crippen LogP contribution < -0.4 is 14.5 Å². The highest BCUT2D eigenvalue weighted by molar-refractivity contribution is 7.92. The first-order valence-corrected chi connectivity index (χ1v) is 13.5. The molecule has 0 unspecified atom stereocenters. The Morgan fingerprint density at radius 2 is 1.66 bits per heavy atom. The van der Waals surface area contributed by atoms with E-state index >= 15 is 0 Å². The number of anilines is 1. The van der Waals surface area contributed by atoms with Crippen LogP contribution >= 0.6 is 0 Å². The molecule has 1 amide bonds. The van der Waals surface area contributed by atoms with Gasteiger partial charge in [0.05, 0.1) is 22.9 Å². The molecule has 4 rings (SSSR count). The molecule has 0 bridgehead atoms. The number of hydrazone groups is 1. The fourth-order valence-corrected chi connectivity index (χ4v) is 5.46. The van der Waals surface area contributed by atoms with E-state index in [1.165, 1.54) is 12.1 Å². The largest absolute Gasteiger partial charge is 0.507 e. The molecule has 0 saturated carbocycles. The van der Waals surface area contributed by atoms with E-state index in [4.69, 9.17) is 4.74 Å². The van der Waals surface area contributed by atoms with Gasteiger partial charge in [0.1, 0.15) is 18.0 Å². The van der Waals surface area contributed by atoms with Crippen molar-refractivity contribution in [3.8, 4) is 11.5 Å². The van der Waals surface area contributed by atoms with Crippen LogP contribution in [0.5, 0.6) is 11.5 Å². The molecule has 9 heteroatoms. The Labute approximate surface area is 222 Å². The molecule has 38 heavy (non-hydrogen) atoms. The summed E-state index contributed by atoms with van der Waals surface area (Å²) >= 11 is 0. The first-order valence-electron chi connectivity index (χ1n) is 12.1. The lowest BCUT2D eigenvalue weighted by molar-refractivity contribution is -0.119. The molecular weight excluding hydrogens is 502 g/mol. The summed E-state index contributed by atoms with van der Waals surface area (Å²) in [7, 11) is -4.09. The Kier molecular flexibility index (Phi) is 7.97. The minimum atomic E-state index is -4.09. The molecule has 0 fully saturated rings. The van der Waals surface area contributed by atoms with Gasteiger partial charge in [-0.3, -0.25) is 9.10 Å². The molecule has 0 saturated heterocycles. The van der Waals surface area contributed by atoms with Gasteiger partial charge in [-0.05, 0) is 74.0 Å². The van der Waals surface area contributed by atoms with E-state index in [2.05, 4.69) is 10.5 Å². The van der Waals surface area contributed by atoms with Crippen molar-refractivity contribution in [2.45, 2.75) is 25.7 Å². The van der Waals surface area contributed by atoms with Crippen LogP contribution in [0.4, 0.5) is 5.69 Å². The molecule has 0 aliphatic rings. The van der Waals surface area contributed by atoms with Crippen molar-refractivity contribution < 1.29 is 23.1 Å². The normalized spacial score (nSPS) is 11.8. The molecule has 8 nitrogen and oxygen atoms in total. The molecule has 0 atom stereocenters. The zero-order chi connectivity index (χ0) is 27.3. The number of aromatic hydroxyl groups is 1. The molecule has 4 aromatic rings. The number of hydrogen-bond donors (Lipinski definition) is 2. The number of carbonyl (C=O) groups is 1. The summed E-state index contributed by atoms with van der Waals surface area (Å²) in [4.78, 5) is 13.0. The summed E-state index contributed by atoms with van der Waals surface area (Å²) in [6.45, 7) is 5.35. The van der Waals surface area contributed by atoms with E-state index in [0.717, 1.165) is 20.6 Å². The van der Waals surface area contributed by atoms with Crippen molar-refractivity contribution in [1.29, 1.82) is 0 Å². The van der Waals surface area contributed by atoms with E-state index in [0.29, 0.717) is 29.3 Å². The van der Waals surface area contributed by atoms with Crippen LogP contribution in [0.25, 0.3) is 10.8 Å². The molecule has 0 aliphatic carbocycles. The smallest absolute Gasteiger partial charge is 0.264 e. The summed E-state index contributed by atoms with van der Waals surface area (Å²) < 4.78 is 33.7. The average molecular weight is 532 g/mol. The first kappa shape index (κ1) is 26.7. The molecule has 4 aromatic carbocycles. The minimum Gasteiger partial charge on any atom is -0.507 e. The number of phenols is 1. The fourth-order valence-electron chi connectivity index (χ4n) is 4.04. The number of amides is 1. The van der Waals surface area contributed by atoms with Crippen molar-refractivity contribution in [2.24, 2.45) is 5.10 Å². The highest BCUT2D eigenvalue weighted by Crippen LogP contribution is 2.28. The minimum absolute atomic E-state index is 0.0229. The zero-order valence-corrected chi connectivity index (χ0v) is 22.2. The van der Waals surface area contributed by atoms with Crippen LogP contribution in [-0.2, 0) is 14.8 Å². The van der Waals surface area contributed by atoms with Gasteiger partial charge in [-0.2, -0.15) is 5.10 Å². The van der Waals surface area contributed by atoms with Crippen LogP contribution in [0.2, 0.25) is 0 Å². The standard InChI is InChI=1S/C29H29N3O5S/c1-4-37-24-14-16-25(17-15-24)38(35,36)32(23-12-9-20(2)10-13-23)19-28(34)31-30-21(3)29-26-8-6-5-7-22(26)11-18-27(29)33/h5-18,33H,4,19H2,1-3H3,(H,31,34)/b30-21+. The van der Waals surface area contributed by atoms with Gasteiger partial charge >= 0.3 is 0 Å². The van der Waals surface area contributed by atoms with Gasteiger partial charge < -0.3 is 9.84 Å². The Morgan fingerprint density at radius 1 is 0.974 bits per heavy atom. The van der Waals surface area contributed by atoms with Crippen molar-refractivity contribution >= 4 is 38.1 Å². The lowest BCUT2D eigenvalue weighted by Gasteiger charge is -2.24. The summed E-state index contributed by atoms with van der Waals surface area (Å²) in [5.74, 6) is -0.0645. The monoisotopic (exact) mass is 531 g/mol. The molecule has 0 aromatic heterocycles. The van der Waals surface area contributed by atoms with E-state index < -0.39 is 22.5 Å². The Balaban J connectivity index is 1.62. The number of aryl methyl sites for hydroxylation is 1. The van der Waals surface area contributed by atoms with Crippen molar-refractivity contribution in [3.05, 3.63) is 96.1 Å². The topological polar surface area (TPSA) is 108 Å². The van der Waals surface area contributed by atoms with Gasteiger partial charge in [0.2, 0.25) is 0 Å². The predicted octanol–water partition coefficient (Wildman–Crippen LogP) is 4.99. The van der Waals surface area contributed by atoms with Crippen molar-refractivity contribution in [3.63, 3.8) is 0 Å². The molecule has 0 spiro atoms. The second kappa shape index (κ2) is 11.4. The Bertz CT molecular complexity index is 1580. The third kappa shape index (κ3) is 5.78. The van der Waals surface area contributed by atoms with Gasteiger partial charge in [-0.15, -0.1) is 0 Å². The summed E-state index contributed by atoms with van der Waals surface area (Å²) in [5.41, 5.74) is 4.60. The third-order valence-corrected chi connectivity index (χ3v) is 7.74. The number of benzene rings is 4. The lowest BCUT2D eigenvalue weighted by Crippen LogP contribution is -2.39. The van der Waals surface area contributed by atoms with Crippen LogP contribution in [0, 0.1) is 6.92 Å². The quantitative estimate of drug-likeness (QED) is 0.234. The number of hydrogen-bond acceptors (Lipinski definition) is 6. The Morgan fingerprint density at radius 3 is 2.34 bits per heavy atom. The van der Waals surface area contributed by atoms with Gasteiger partial charge in [0.25, 0.3) is 15.9 Å². The summed E-state index contributed by atoms with van der Waals surface area (Å²) in [5, 5.41) is 16.3. The number of ether oxygens (including phenoxy) is 1. The molecule has 0 aliphatic heterocycles. The number of carbonyl (C=O) groups excluding carboxylic acids is 1. The van der Waals surface area contributed by atoms with Gasteiger partial charge in [0, 0.05) is 5.56 Å². The highest BCUT2D eigenvalue weighted by atomic mass is 32.2. The van der Waals surface area contributed by atoms with Crippen LogP contribution in [0.1, 0.15) is 25.0 Å². The lowest BCUT2D eigenvalue weighted by atomic mass is 10.0. The van der Waals surface area contributed by atoms with E-state index in [1.807, 2.05) is 38.1 Å². The second-order valence-corrected chi connectivity index (χ2v) is 10.5. The van der Waals surface area contributed by atoms with Crippen LogP contribution in [0.15, 0.2) is 94.9 Å². The van der Waals surface area contributed by atoms with Crippen LogP contribution in [-0.4, -0.2) is 38.3 Å². The van der Waals surface area contributed by atoms with Crippen LogP contribution in [0.3, 0.4) is 0 Å². The second-order valence-electron chi connectivity index (χ2n) is 8.66. The third-order valence-electron chi connectivity index (χ3n) is 5.95. The number of fused-ring (bicyclic) bond motifs is 1. The molecule has 2 N–H and O–H groups in total. The number of phenolic OH excluding ortho intramolecular Hbond substituents is 1. The predicted molar refractivity (Wildman–Crippen MR) is 149 cm³/mol. The van der Waals surface area contributed by atoms with Gasteiger partial charge in [0.15, 0.2) is 0 Å². The van der Waals surface area contributed by atoms with E-state index in [-0.39, 0.29) is 10.6 Å². The van der Waals surface area contributed by atoms with Crippen molar-refractivity contribution in [2.75, 3.05) is 17.5 Å². The number of rotatable bonds is 9. The van der Waals surface area contributed by atoms with Gasteiger partial charge in [-0.25, -0.2) is 13.8 Å². The summed E-state index contributed by atoms with van der Waals surface area (Å²) in [6.07, 6.45) is 0. The van der Waals surface area contributed by atoms with E-state index in [1.54, 1.807) is 55.5 Å².